The summed E-state index contributed by atoms with van der Waals surface area (Å²) in [6.45, 7) is 8.41. The summed E-state index contributed by atoms with van der Waals surface area (Å²) in [6, 6.07) is 6.36. The molecule has 2 rings (SSSR count). The van der Waals surface area contributed by atoms with Gasteiger partial charge in [0.15, 0.2) is 0 Å². The standard InChI is InChI=1S/C12H13B/c1-7-5-4-6-10-8(2)9(3)12(13)11(7)10/h4-6,9,13H,2H2,1,3H3/t9-/m0/s1. The van der Waals surface area contributed by atoms with E-state index < -0.39 is 0 Å². The quantitative estimate of drug-likeness (QED) is 0.520. The van der Waals surface area contributed by atoms with Crippen molar-refractivity contribution in [2.24, 2.45) is 5.92 Å². The molecule has 0 fully saturated rings. The fourth-order valence-electron chi connectivity index (χ4n) is 2.02. The summed E-state index contributed by atoms with van der Waals surface area (Å²) in [5.74, 6) is 0.413. The van der Waals surface area contributed by atoms with Gasteiger partial charge in [-0.05, 0) is 0 Å². The predicted molar refractivity (Wildman–Crippen MR) is 60.6 cm³/mol. The van der Waals surface area contributed by atoms with Crippen molar-refractivity contribution in [2.45, 2.75) is 13.8 Å². The summed E-state index contributed by atoms with van der Waals surface area (Å²) >= 11 is 0. The number of benzene rings is 1. The molecule has 0 bridgehead atoms. The molecule has 0 saturated heterocycles. The Morgan fingerprint density at radius 1 is 1.38 bits per heavy atom. The molecule has 0 N–H and O–H groups in total. The third-order valence-electron chi connectivity index (χ3n) is 2.99. The first-order valence-corrected chi connectivity index (χ1v) is 4.61. The van der Waals surface area contributed by atoms with Crippen LogP contribution in [0.3, 0.4) is 0 Å². The van der Waals surface area contributed by atoms with E-state index in [2.05, 4.69) is 46.1 Å². The van der Waals surface area contributed by atoms with Crippen LogP contribution in [0.15, 0.2) is 24.8 Å². The Labute approximate surface area is 80.4 Å². The van der Waals surface area contributed by atoms with E-state index in [-0.39, 0.29) is 0 Å². The fourth-order valence-corrected chi connectivity index (χ4v) is 2.02. The Kier molecular flexibility index (Phi) is 1.76. The van der Waals surface area contributed by atoms with Gasteiger partial charge >= 0.3 is 79.8 Å². The molecule has 0 saturated carbocycles. The van der Waals surface area contributed by atoms with E-state index in [1.807, 2.05) is 0 Å². The van der Waals surface area contributed by atoms with Crippen LogP contribution in [-0.4, -0.2) is 13.0 Å². The van der Waals surface area contributed by atoms with Crippen molar-refractivity contribution in [3.63, 3.8) is 0 Å². The Morgan fingerprint density at radius 2 is 2.08 bits per heavy atom. The van der Waals surface area contributed by atoms with Gasteiger partial charge < -0.3 is 0 Å². The topological polar surface area (TPSA) is 0 Å². The van der Waals surface area contributed by atoms with Gasteiger partial charge in [-0.2, -0.15) is 0 Å². The van der Waals surface area contributed by atoms with Crippen LogP contribution >= 0.6 is 0 Å². The number of rotatable bonds is 0. The third-order valence-corrected chi connectivity index (χ3v) is 2.99. The molecule has 1 aromatic carbocycles. The molecule has 13 heavy (non-hydrogen) atoms. The van der Waals surface area contributed by atoms with E-state index in [1.54, 1.807) is 0 Å². The van der Waals surface area contributed by atoms with Crippen molar-refractivity contribution in [3.05, 3.63) is 41.5 Å². The van der Waals surface area contributed by atoms with E-state index in [0.717, 1.165) is 0 Å². The zero-order valence-corrected chi connectivity index (χ0v) is 8.22. The van der Waals surface area contributed by atoms with E-state index in [9.17, 15) is 0 Å². The van der Waals surface area contributed by atoms with E-state index in [1.165, 1.54) is 27.7 Å². The Bertz CT molecular complexity index is 402. The van der Waals surface area contributed by atoms with Gasteiger partial charge in [0, 0.05) is 0 Å². The van der Waals surface area contributed by atoms with E-state index >= 15 is 0 Å². The molecule has 1 aliphatic carbocycles. The summed E-state index contributed by atoms with van der Waals surface area (Å²) < 4.78 is 0. The van der Waals surface area contributed by atoms with Crippen LogP contribution in [0.25, 0.3) is 5.57 Å². The summed E-state index contributed by atoms with van der Waals surface area (Å²) in [7, 11) is 4.13. The number of aryl methyl sites for hydroxylation is 1. The molecule has 0 spiro atoms. The summed E-state index contributed by atoms with van der Waals surface area (Å²) in [5, 5.41) is 0. The number of hydrogen-bond donors (Lipinski definition) is 0. The molecule has 1 aromatic rings. The maximum atomic E-state index is 4.13. The van der Waals surface area contributed by atoms with Gasteiger partial charge in [0.1, 0.15) is 0 Å². The SMILES string of the molecule is B=C1c2c(C)cccc2C(=C)[C@@H]1C. The first-order valence-electron chi connectivity index (χ1n) is 4.61. The molecule has 0 aliphatic heterocycles. The Balaban J connectivity index is 2.74. The third kappa shape index (κ3) is 1.03. The van der Waals surface area contributed by atoms with E-state index in [0.29, 0.717) is 5.92 Å². The number of allylic oxidation sites excluding steroid dienone is 1. The first-order chi connectivity index (χ1) is 6.13. The van der Waals surface area contributed by atoms with Gasteiger partial charge in [-0.3, -0.25) is 0 Å². The van der Waals surface area contributed by atoms with Gasteiger partial charge in [-0.1, -0.05) is 0 Å². The minimum atomic E-state index is 0.413. The molecule has 0 amide bonds. The molecule has 0 heterocycles. The zero-order chi connectivity index (χ0) is 9.59. The Hall–Kier alpha value is -1.11. The second kappa shape index (κ2) is 2.70. The van der Waals surface area contributed by atoms with Crippen LogP contribution < -0.4 is 0 Å². The summed E-state index contributed by atoms with van der Waals surface area (Å²) in [6.07, 6.45) is 0. The van der Waals surface area contributed by atoms with Gasteiger partial charge in [0.2, 0.25) is 0 Å². The molecular weight excluding hydrogens is 155 g/mol. The van der Waals surface area contributed by atoms with Gasteiger partial charge in [-0.25, -0.2) is 0 Å². The van der Waals surface area contributed by atoms with Crippen molar-refractivity contribution in [1.82, 2.24) is 0 Å². The molecule has 1 atom stereocenters. The molecule has 0 aromatic heterocycles. The normalized spacial score (nSPS) is 20.5. The van der Waals surface area contributed by atoms with Crippen molar-refractivity contribution in [2.75, 3.05) is 0 Å². The van der Waals surface area contributed by atoms with Crippen LogP contribution in [0.4, 0.5) is 0 Å². The summed E-state index contributed by atoms with van der Waals surface area (Å²) in [4.78, 5) is 0. The van der Waals surface area contributed by atoms with Gasteiger partial charge in [0.25, 0.3) is 0 Å². The van der Waals surface area contributed by atoms with Crippen molar-refractivity contribution < 1.29 is 0 Å². The van der Waals surface area contributed by atoms with Gasteiger partial charge in [0.05, 0.1) is 0 Å². The second-order valence-electron chi connectivity index (χ2n) is 3.77. The molecule has 0 unspecified atom stereocenters. The zero-order valence-electron chi connectivity index (χ0n) is 8.22. The molecule has 64 valence electrons. The minimum absolute atomic E-state index is 0.413. The average Bonchev–Trinajstić information content (AvgIpc) is 2.33. The molecule has 1 heteroatoms. The second-order valence-corrected chi connectivity index (χ2v) is 3.77. The Morgan fingerprint density at radius 3 is 2.69 bits per heavy atom. The van der Waals surface area contributed by atoms with Crippen LogP contribution in [0.5, 0.6) is 0 Å². The van der Waals surface area contributed by atoms with E-state index in [4.69, 9.17) is 0 Å². The van der Waals surface area contributed by atoms with Crippen LogP contribution in [0, 0.1) is 12.8 Å². The molecule has 0 radical (unpaired) electrons. The predicted octanol–water partition coefficient (Wildman–Crippen LogP) is 2.08. The molecule has 0 nitrogen and oxygen atoms in total. The monoisotopic (exact) mass is 168 g/mol. The van der Waals surface area contributed by atoms with Crippen molar-refractivity contribution in [1.29, 1.82) is 0 Å². The number of fused-ring (bicyclic) bond motifs is 1. The van der Waals surface area contributed by atoms with Crippen molar-refractivity contribution in [3.8, 4) is 0 Å². The fraction of sp³-hybridized carbons (Fsp3) is 0.250. The van der Waals surface area contributed by atoms with Gasteiger partial charge in [-0.15, -0.1) is 0 Å². The molecular formula is C12H13B. The molecule has 1 aliphatic rings. The van der Waals surface area contributed by atoms with Crippen LogP contribution in [-0.2, 0) is 0 Å². The first kappa shape index (κ1) is 8.49. The van der Waals surface area contributed by atoms with Crippen molar-refractivity contribution >= 4 is 18.5 Å². The van der Waals surface area contributed by atoms with Crippen LogP contribution in [0.1, 0.15) is 23.6 Å². The number of hydrogen-bond acceptors (Lipinski definition) is 0. The summed E-state index contributed by atoms with van der Waals surface area (Å²) in [5.41, 5.74) is 6.35. The maximum absolute atomic E-state index is 4.13. The van der Waals surface area contributed by atoms with Crippen LogP contribution in [0.2, 0.25) is 0 Å². The average molecular weight is 168 g/mol.